The molecule has 1 aromatic carbocycles. The van der Waals surface area contributed by atoms with E-state index in [-0.39, 0.29) is 11.8 Å². The largest absolute Gasteiger partial charge is 0.347 e. The number of piperidine rings is 1. The summed E-state index contributed by atoms with van der Waals surface area (Å²) >= 11 is 0. The molecule has 0 unspecified atom stereocenters. The molecule has 31 heavy (non-hydrogen) atoms. The summed E-state index contributed by atoms with van der Waals surface area (Å²) in [5.74, 6) is 1.28. The van der Waals surface area contributed by atoms with Gasteiger partial charge < -0.3 is 14.8 Å². The van der Waals surface area contributed by atoms with Crippen LogP contribution in [0.25, 0.3) is 17.0 Å². The van der Waals surface area contributed by atoms with Crippen molar-refractivity contribution < 1.29 is 9.59 Å². The van der Waals surface area contributed by atoms with Crippen LogP contribution in [0.2, 0.25) is 0 Å². The SMILES string of the molecule is O=C1CCc2cc(C=CC(=O)N3CCC(Cn4ccc5ccccc54)CC3)cnc2N1. The first-order chi connectivity index (χ1) is 15.2. The standard InChI is InChI=1S/C25H26N4O2/c30-23-7-6-21-15-19(16-26-25(21)27-23)5-8-24(31)28-12-9-18(10-13-28)17-29-14-11-20-3-1-2-4-22(20)29/h1-5,8,11,14-16,18H,6-7,9-10,12-13,17H2,(H,26,27,30). The lowest BCUT2D eigenvalue weighted by Gasteiger charge is -2.31. The Bertz CT molecular complexity index is 1160. The average molecular weight is 415 g/mol. The fourth-order valence-electron chi connectivity index (χ4n) is 4.55. The first-order valence-electron chi connectivity index (χ1n) is 11.0. The van der Waals surface area contributed by atoms with Crippen LogP contribution in [0.15, 0.2) is 54.9 Å². The van der Waals surface area contributed by atoms with Crippen LogP contribution in [0, 0.1) is 5.92 Å². The van der Waals surface area contributed by atoms with Crippen LogP contribution in [0.1, 0.15) is 30.4 Å². The molecule has 3 aromatic rings. The molecule has 0 saturated carbocycles. The minimum atomic E-state index is 0.00633. The van der Waals surface area contributed by atoms with Crippen molar-refractivity contribution in [2.45, 2.75) is 32.2 Å². The van der Waals surface area contributed by atoms with E-state index in [1.807, 2.05) is 17.0 Å². The van der Waals surface area contributed by atoms with E-state index in [1.54, 1.807) is 12.3 Å². The van der Waals surface area contributed by atoms with Gasteiger partial charge in [0.25, 0.3) is 0 Å². The smallest absolute Gasteiger partial charge is 0.246 e. The lowest BCUT2D eigenvalue weighted by atomic mass is 9.96. The Hall–Kier alpha value is -3.41. The number of hydrogen-bond acceptors (Lipinski definition) is 3. The van der Waals surface area contributed by atoms with E-state index in [0.717, 1.165) is 43.6 Å². The highest BCUT2D eigenvalue weighted by atomic mass is 16.2. The Kier molecular flexibility index (Phi) is 5.28. The van der Waals surface area contributed by atoms with Crippen LogP contribution in [-0.4, -0.2) is 39.4 Å². The second kappa shape index (κ2) is 8.38. The average Bonchev–Trinajstić information content (AvgIpc) is 3.21. The van der Waals surface area contributed by atoms with Crippen LogP contribution in [0.5, 0.6) is 0 Å². The third-order valence-corrected chi connectivity index (χ3v) is 6.35. The first kappa shape index (κ1) is 19.5. The monoisotopic (exact) mass is 414 g/mol. The molecular weight excluding hydrogens is 388 g/mol. The number of para-hydroxylation sites is 1. The zero-order chi connectivity index (χ0) is 21.2. The van der Waals surface area contributed by atoms with Gasteiger partial charge in [0.1, 0.15) is 5.82 Å². The number of likely N-dealkylation sites (tertiary alicyclic amines) is 1. The van der Waals surface area contributed by atoms with E-state index in [4.69, 9.17) is 0 Å². The van der Waals surface area contributed by atoms with Gasteiger partial charge in [-0.25, -0.2) is 4.98 Å². The maximum absolute atomic E-state index is 12.7. The number of nitrogens with one attached hydrogen (secondary N) is 1. The van der Waals surface area contributed by atoms with Gasteiger partial charge in [-0.05, 0) is 66.0 Å². The van der Waals surface area contributed by atoms with Gasteiger partial charge in [-0.1, -0.05) is 18.2 Å². The van der Waals surface area contributed by atoms with E-state index in [2.05, 4.69) is 51.4 Å². The van der Waals surface area contributed by atoms with Gasteiger partial charge in [0.05, 0.1) is 0 Å². The molecule has 0 aliphatic carbocycles. The number of pyridine rings is 1. The molecule has 6 heteroatoms. The van der Waals surface area contributed by atoms with Crippen LogP contribution >= 0.6 is 0 Å². The molecule has 0 bridgehead atoms. The molecule has 2 aliphatic rings. The zero-order valence-corrected chi connectivity index (χ0v) is 17.5. The molecule has 5 rings (SSSR count). The molecule has 1 saturated heterocycles. The van der Waals surface area contributed by atoms with Gasteiger partial charge in [-0.3, -0.25) is 9.59 Å². The van der Waals surface area contributed by atoms with Crippen LogP contribution in [0.4, 0.5) is 5.82 Å². The fourth-order valence-corrected chi connectivity index (χ4v) is 4.55. The van der Waals surface area contributed by atoms with Crippen molar-refractivity contribution in [2.75, 3.05) is 18.4 Å². The number of benzene rings is 1. The summed E-state index contributed by atoms with van der Waals surface area (Å²) in [6.07, 6.45) is 10.5. The zero-order valence-electron chi connectivity index (χ0n) is 17.5. The van der Waals surface area contributed by atoms with Gasteiger partial charge in [0, 0.05) is 50.0 Å². The summed E-state index contributed by atoms with van der Waals surface area (Å²) < 4.78 is 2.34. The topological polar surface area (TPSA) is 67.2 Å². The minimum Gasteiger partial charge on any atom is -0.347 e. The van der Waals surface area contributed by atoms with Crippen molar-refractivity contribution >= 4 is 34.6 Å². The van der Waals surface area contributed by atoms with Gasteiger partial charge in [-0.15, -0.1) is 0 Å². The highest BCUT2D eigenvalue weighted by Crippen LogP contribution is 2.24. The molecule has 158 valence electrons. The van der Waals surface area contributed by atoms with E-state index >= 15 is 0 Å². The summed E-state index contributed by atoms with van der Waals surface area (Å²) in [6.45, 7) is 2.59. The maximum Gasteiger partial charge on any atom is 0.246 e. The number of amides is 2. The summed E-state index contributed by atoms with van der Waals surface area (Å²) in [4.78, 5) is 30.4. The number of aryl methyl sites for hydroxylation is 1. The minimum absolute atomic E-state index is 0.00633. The quantitative estimate of drug-likeness (QED) is 0.659. The Labute approximate surface area is 181 Å². The van der Waals surface area contributed by atoms with Crippen LogP contribution in [-0.2, 0) is 22.6 Å². The van der Waals surface area contributed by atoms with Gasteiger partial charge in [0.15, 0.2) is 0 Å². The van der Waals surface area contributed by atoms with Crippen molar-refractivity contribution in [3.8, 4) is 0 Å². The first-order valence-corrected chi connectivity index (χ1v) is 11.0. The second-order valence-electron chi connectivity index (χ2n) is 8.45. The Morgan fingerprint density at radius 3 is 2.87 bits per heavy atom. The highest BCUT2D eigenvalue weighted by Gasteiger charge is 2.22. The Balaban J connectivity index is 1.16. The van der Waals surface area contributed by atoms with Crippen molar-refractivity contribution in [2.24, 2.45) is 5.92 Å². The number of rotatable bonds is 4. The maximum atomic E-state index is 12.7. The second-order valence-corrected chi connectivity index (χ2v) is 8.45. The highest BCUT2D eigenvalue weighted by molar-refractivity contribution is 5.93. The third-order valence-electron chi connectivity index (χ3n) is 6.35. The molecule has 4 heterocycles. The molecule has 0 radical (unpaired) electrons. The number of carbonyl (C=O) groups excluding carboxylic acids is 2. The predicted molar refractivity (Wildman–Crippen MR) is 121 cm³/mol. The molecular formula is C25H26N4O2. The number of nitrogens with zero attached hydrogens (tertiary/aromatic N) is 3. The molecule has 0 atom stereocenters. The number of fused-ring (bicyclic) bond motifs is 2. The lowest BCUT2D eigenvalue weighted by Crippen LogP contribution is -2.38. The predicted octanol–water partition coefficient (Wildman–Crippen LogP) is 3.87. The molecule has 1 fully saturated rings. The van der Waals surface area contributed by atoms with E-state index < -0.39 is 0 Å². The number of hydrogen-bond donors (Lipinski definition) is 1. The number of anilines is 1. The van der Waals surface area contributed by atoms with E-state index in [0.29, 0.717) is 24.6 Å². The normalized spacial score (nSPS) is 17.2. The van der Waals surface area contributed by atoms with Gasteiger partial charge in [-0.2, -0.15) is 0 Å². The summed E-state index contributed by atoms with van der Waals surface area (Å²) in [5.41, 5.74) is 3.19. The summed E-state index contributed by atoms with van der Waals surface area (Å²) in [6, 6.07) is 12.6. The van der Waals surface area contributed by atoms with Crippen LogP contribution < -0.4 is 5.32 Å². The number of carbonyl (C=O) groups is 2. The third kappa shape index (κ3) is 4.24. The van der Waals surface area contributed by atoms with E-state index in [1.165, 1.54) is 10.9 Å². The van der Waals surface area contributed by atoms with E-state index in [9.17, 15) is 9.59 Å². The summed E-state index contributed by atoms with van der Waals surface area (Å²) in [5, 5.41) is 4.06. The van der Waals surface area contributed by atoms with Crippen LogP contribution in [0.3, 0.4) is 0 Å². The molecule has 2 amide bonds. The fraction of sp³-hybridized carbons (Fsp3) is 0.320. The Morgan fingerprint density at radius 2 is 2.00 bits per heavy atom. The molecule has 0 spiro atoms. The van der Waals surface area contributed by atoms with Crippen molar-refractivity contribution in [1.82, 2.24) is 14.5 Å². The number of aromatic nitrogens is 2. The molecule has 6 nitrogen and oxygen atoms in total. The molecule has 2 aromatic heterocycles. The van der Waals surface area contributed by atoms with Crippen molar-refractivity contribution in [3.05, 3.63) is 66.0 Å². The molecule has 2 aliphatic heterocycles. The summed E-state index contributed by atoms with van der Waals surface area (Å²) in [7, 11) is 0. The molecule has 1 N–H and O–H groups in total. The van der Waals surface area contributed by atoms with Crippen molar-refractivity contribution in [3.63, 3.8) is 0 Å². The van der Waals surface area contributed by atoms with Gasteiger partial charge in [0.2, 0.25) is 11.8 Å². The Morgan fingerprint density at radius 1 is 1.16 bits per heavy atom. The lowest BCUT2D eigenvalue weighted by molar-refractivity contribution is -0.127. The van der Waals surface area contributed by atoms with Crippen molar-refractivity contribution in [1.29, 1.82) is 0 Å². The van der Waals surface area contributed by atoms with Gasteiger partial charge >= 0.3 is 0 Å².